The van der Waals surface area contributed by atoms with Gasteiger partial charge in [-0.3, -0.25) is 9.59 Å². The van der Waals surface area contributed by atoms with E-state index in [0.717, 1.165) is 10.8 Å². The molecule has 0 rings (SSSR count). The lowest BCUT2D eigenvalue weighted by Gasteiger charge is -2.26. The minimum Gasteiger partial charge on any atom is -0.394 e. The van der Waals surface area contributed by atoms with Crippen LogP contribution in [0.1, 0.15) is 33.6 Å². The van der Waals surface area contributed by atoms with Gasteiger partial charge in [0.05, 0.1) is 24.0 Å². The Balaban J connectivity index is 4.51. The number of hydrogen-bond acceptors (Lipinski definition) is 10. The molecule has 0 aromatic rings. The molecule has 160 valence electrons. The summed E-state index contributed by atoms with van der Waals surface area (Å²) in [5.74, 6) is -0.499. The van der Waals surface area contributed by atoms with Crippen molar-refractivity contribution in [3.8, 4) is 0 Å². The molecule has 0 fully saturated rings. The number of carbonyl (C=O) groups excluding carboxylic acids is 2. The van der Waals surface area contributed by atoms with E-state index in [4.69, 9.17) is 5.11 Å². The molecule has 7 N–H and O–H groups in total. The summed E-state index contributed by atoms with van der Waals surface area (Å²) in [6, 6.07) is -0.460. The molecule has 0 saturated heterocycles. The largest absolute Gasteiger partial charge is 0.394 e. The van der Waals surface area contributed by atoms with Gasteiger partial charge in [-0.25, -0.2) is 0 Å². The molecule has 11 heteroatoms. The zero-order valence-corrected chi connectivity index (χ0v) is 17.5. The fraction of sp³-hybridized carbons (Fsp3) is 0.875. The molecule has 27 heavy (non-hydrogen) atoms. The smallest absolute Gasteiger partial charge is 0.220 e. The second kappa shape index (κ2) is 13.7. The number of aliphatic hydroxyl groups is 5. The molecule has 0 spiro atoms. The highest BCUT2D eigenvalue weighted by Crippen LogP contribution is 2.18. The Kier molecular flexibility index (Phi) is 13.5. The molecule has 0 aliphatic carbocycles. The van der Waals surface area contributed by atoms with Crippen molar-refractivity contribution in [1.82, 2.24) is 10.6 Å². The monoisotopic (exact) mass is 428 g/mol. The van der Waals surface area contributed by atoms with Crippen molar-refractivity contribution in [1.29, 1.82) is 0 Å². The number of nitrogens with one attached hydrogen (secondary N) is 2. The van der Waals surface area contributed by atoms with Crippen molar-refractivity contribution in [2.24, 2.45) is 0 Å². The number of amides is 1. The number of carbonyl (C=O) groups is 2. The van der Waals surface area contributed by atoms with Gasteiger partial charge in [0.1, 0.15) is 18.3 Å². The van der Waals surface area contributed by atoms with Crippen molar-refractivity contribution in [2.75, 3.05) is 13.2 Å². The van der Waals surface area contributed by atoms with Gasteiger partial charge in [-0.1, -0.05) is 24.6 Å². The van der Waals surface area contributed by atoms with E-state index in [2.05, 4.69) is 22.3 Å². The number of aliphatic hydroxyl groups excluding tert-OH is 5. The highest BCUT2D eigenvalue weighted by Gasteiger charge is 2.30. The summed E-state index contributed by atoms with van der Waals surface area (Å²) in [6.07, 6.45) is -6.35. The van der Waals surface area contributed by atoms with Gasteiger partial charge in [-0.05, 0) is 13.3 Å². The van der Waals surface area contributed by atoms with Crippen LogP contribution in [0.3, 0.4) is 0 Å². The van der Waals surface area contributed by atoms with Crippen LogP contribution in [0, 0.1) is 0 Å². The maximum Gasteiger partial charge on any atom is 0.220 e. The van der Waals surface area contributed by atoms with E-state index in [0.29, 0.717) is 0 Å². The molecular formula is C16H32N2O7S2. The molecule has 0 bridgehead atoms. The molecule has 0 aromatic heterocycles. The number of ketones is 1. The quantitative estimate of drug-likeness (QED) is 0.118. The normalized spacial score (nSPS) is 18.4. The predicted molar refractivity (Wildman–Crippen MR) is 106 cm³/mol. The molecule has 0 saturated carbocycles. The molecule has 1 unspecified atom stereocenters. The molecule has 0 aliphatic heterocycles. The van der Waals surface area contributed by atoms with E-state index < -0.39 is 43.0 Å². The summed E-state index contributed by atoms with van der Waals surface area (Å²) in [4.78, 5) is 24.3. The molecular weight excluding hydrogens is 396 g/mol. The number of thiol groups is 1. The maximum absolute atomic E-state index is 12.3. The van der Waals surface area contributed by atoms with Crippen LogP contribution in [-0.4, -0.2) is 92.1 Å². The van der Waals surface area contributed by atoms with Crippen LogP contribution >= 0.6 is 22.5 Å². The number of hydrogen-bond donors (Lipinski definition) is 8. The third kappa shape index (κ3) is 10.1. The third-order valence-corrected chi connectivity index (χ3v) is 5.43. The van der Waals surface area contributed by atoms with Crippen molar-refractivity contribution >= 4 is 34.1 Å². The van der Waals surface area contributed by atoms with Crippen LogP contribution in [0.25, 0.3) is 0 Å². The van der Waals surface area contributed by atoms with Crippen LogP contribution in [0.5, 0.6) is 0 Å². The van der Waals surface area contributed by atoms with E-state index in [1.165, 1.54) is 0 Å². The Morgan fingerprint density at radius 1 is 1.04 bits per heavy atom. The predicted octanol–water partition coefficient (Wildman–Crippen LogP) is -1.78. The van der Waals surface area contributed by atoms with Gasteiger partial charge < -0.3 is 36.2 Å². The topological polar surface area (TPSA) is 159 Å². The lowest BCUT2D eigenvalue weighted by molar-refractivity contribution is -0.126. The first-order chi connectivity index (χ1) is 12.5. The van der Waals surface area contributed by atoms with Gasteiger partial charge in [0.15, 0.2) is 5.78 Å². The lowest BCUT2D eigenvalue weighted by Crippen LogP contribution is -2.49. The summed E-state index contributed by atoms with van der Waals surface area (Å²) in [6.45, 7) is 4.39. The Hall–Kier alpha value is -0.400. The molecule has 1 amide bonds. The highest BCUT2D eigenvalue weighted by atomic mass is 33.1. The average molecular weight is 429 g/mol. The average Bonchev–Trinajstić information content (AvgIpc) is 2.65. The van der Waals surface area contributed by atoms with E-state index in [1.807, 2.05) is 13.8 Å². The summed E-state index contributed by atoms with van der Waals surface area (Å²) in [7, 11) is 1.13. The lowest BCUT2D eigenvalue weighted by atomic mass is 10.0. The SMILES string of the molecule is CC(C)N[C@@H](CCC(=O)NC[C@H](O)[C@@H](O)[C@H](O)[C@H](O)CO)C(=O)C(C)SS. The standard InChI is InChI=1S/C16H32N2O7S2/c1-8(2)18-10(14(23)9(3)27-26)4-5-13(22)17-6-11(20)15(24)16(25)12(21)7-19/h8-12,15-16,18-21,24-26H,4-7H2,1-3H3,(H,17,22)/t9?,10-,11-,12+,15+,16+/m0/s1. The molecule has 6 atom stereocenters. The van der Waals surface area contributed by atoms with Crippen molar-refractivity contribution in [3.63, 3.8) is 0 Å². The van der Waals surface area contributed by atoms with Gasteiger partial charge in [0.25, 0.3) is 0 Å². The first-order valence-electron chi connectivity index (χ1n) is 8.74. The molecule has 0 aromatic carbocycles. The van der Waals surface area contributed by atoms with Gasteiger partial charge in [-0.2, -0.15) is 0 Å². The minimum absolute atomic E-state index is 0.0186. The summed E-state index contributed by atoms with van der Waals surface area (Å²) >= 11 is 4.05. The summed E-state index contributed by atoms with van der Waals surface area (Å²) in [5, 5.41) is 52.2. The summed E-state index contributed by atoms with van der Waals surface area (Å²) < 4.78 is 0. The number of Topliss-reactive ketones (excluding diaryl/α,β-unsaturated/α-hetero) is 1. The minimum atomic E-state index is -1.75. The highest BCUT2D eigenvalue weighted by molar-refractivity contribution is 8.69. The Morgan fingerprint density at radius 3 is 2.07 bits per heavy atom. The zero-order chi connectivity index (χ0) is 21.1. The van der Waals surface area contributed by atoms with E-state index >= 15 is 0 Å². The molecule has 0 heterocycles. The summed E-state index contributed by atoms with van der Waals surface area (Å²) in [5.41, 5.74) is 0. The molecule has 0 radical (unpaired) electrons. The van der Waals surface area contributed by atoms with Crippen LogP contribution in [0.2, 0.25) is 0 Å². The van der Waals surface area contributed by atoms with Gasteiger partial charge in [0.2, 0.25) is 5.91 Å². The zero-order valence-electron chi connectivity index (χ0n) is 15.8. The second-order valence-corrected chi connectivity index (χ2v) is 8.22. The van der Waals surface area contributed by atoms with Crippen molar-refractivity contribution in [3.05, 3.63) is 0 Å². The van der Waals surface area contributed by atoms with E-state index in [1.54, 1.807) is 6.92 Å². The van der Waals surface area contributed by atoms with Crippen molar-refractivity contribution in [2.45, 2.75) is 75.4 Å². The fourth-order valence-electron chi connectivity index (χ4n) is 2.31. The fourth-order valence-corrected chi connectivity index (χ4v) is 2.89. The Bertz CT molecular complexity index is 456. The van der Waals surface area contributed by atoms with Gasteiger partial charge in [-0.15, -0.1) is 11.7 Å². The van der Waals surface area contributed by atoms with Crippen LogP contribution in [-0.2, 0) is 9.59 Å². The first-order valence-corrected chi connectivity index (χ1v) is 10.7. The molecule has 9 nitrogen and oxygen atoms in total. The number of rotatable bonds is 14. The first kappa shape index (κ1) is 26.6. The van der Waals surface area contributed by atoms with Crippen LogP contribution in [0.4, 0.5) is 0 Å². The third-order valence-electron chi connectivity index (χ3n) is 3.93. The Labute approximate surface area is 168 Å². The van der Waals surface area contributed by atoms with Gasteiger partial charge >= 0.3 is 0 Å². The Morgan fingerprint density at radius 2 is 1.59 bits per heavy atom. The van der Waals surface area contributed by atoms with Crippen LogP contribution < -0.4 is 10.6 Å². The van der Waals surface area contributed by atoms with Gasteiger partial charge in [0, 0.05) is 19.0 Å². The maximum atomic E-state index is 12.3. The second-order valence-electron chi connectivity index (χ2n) is 6.67. The van der Waals surface area contributed by atoms with E-state index in [-0.39, 0.29) is 36.5 Å². The van der Waals surface area contributed by atoms with E-state index in [9.17, 15) is 30.0 Å². The van der Waals surface area contributed by atoms with Crippen LogP contribution in [0.15, 0.2) is 0 Å². The van der Waals surface area contributed by atoms with Crippen molar-refractivity contribution < 1.29 is 35.1 Å². The molecule has 0 aliphatic rings.